The monoisotopic (exact) mass is 253 g/mol. The highest BCUT2D eigenvalue weighted by Crippen LogP contribution is 2.32. The Morgan fingerprint density at radius 3 is 2.81 bits per heavy atom. The SMILES string of the molecule is Cc1occc1SCc1c(N)cccc1Cl. The summed E-state index contributed by atoms with van der Waals surface area (Å²) in [4.78, 5) is 1.12. The van der Waals surface area contributed by atoms with Crippen LogP contribution >= 0.6 is 23.4 Å². The van der Waals surface area contributed by atoms with E-state index < -0.39 is 0 Å². The summed E-state index contributed by atoms with van der Waals surface area (Å²) < 4.78 is 5.23. The van der Waals surface area contributed by atoms with Crippen LogP contribution in [-0.4, -0.2) is 0 Å². The number of thioether (sulfide) groups is 1. The average molecular weight is 254 g/mol. The fourth-order valence-corrected chi connectivity index (χ4v) is 2.75. The van der Waals surface area contributed by atoms with E-state index in [0.29, 0.717) is 5.02 Å². The van der Waals surface area contributed by atoms with Gasteiger partial charge in [0.2, 0.25) is 0 Å². The van der Waals surface area contributed by atoms with Gasteiger partial charge in [-0.3, -0.25) is 0 Å². The Hall–Kier alpha value is -1.06. The summed E-state index contributed by atoms with van der Waals surface area (Å²) in [5.74, 6) is 1.68. The summed E-state index contributed by atoms with van der Waals surface area (Å²) >= 11 is 7.77. The lowest BCUT2D eigenvalue weighted by molar-refractivity contribution is 0.527. The van der Waals surface area contributed by atoms with Crippen LogP contribution in [0.4, 0.5) is 5.69 Å². The number of aryl methyl sites for hydroxylation is 1. The molecule has 16 heavy (non-hydrogen) atoms. The highest BCUT2D eigenvalue weighted by atomic mass is 35.5. The largest absolute Gasteiger partial charge is 0.468 e. The maximum Gasteiger partial charge on any atom is 0.114 e. The molecule has 84 valence electrons. The van der Waals surface area contributed by atoms with Crippen LogP contribution in [0.5, 0.6) is 0 Å². The Labute approximate surface area is 104 Å². The van der Waals surface area contributed by atoms with Gasteiger partial charge >= 0.3 is 0 Å². The number of nitrogen functional groups attached to an aromatic ring is 1. The van der Waals surface area contributed by atoms with Crippen molar-refractivity contribution < 1.29 is 4.42 Å². The lowest BCUT2D eigenvalue weighted by Gasteiger charge is -2.06. The summed E-state index contributed by atoms with van der Waals surface area (Å²) in [6.45, 7) is 1.94. The topological polar surface area (TPSA) is 39.2 Å². The molecule has 0 bridgehead atoms. The lowest BCUT2D eigenvalue weighted by atomic mass is 10.2. The summed E-state index contributed by atoms with van der Waals surface area (Å²) in [5.41, 5.74) is 7.60. The molecule has 0 amide bonds. The molecule has 0 saturated heterocycles. The first-order valence-corrected chi connectivity index (χ1v) is 6.24. The molecule has 0 spiro atoms. The smallest absolute Gasteiger partial charge is 0.114 e. The third kappa shape index (κ3) is 2.36. The fraction of sp³-hybridized carbons (Fsp3) is 0.167. The second-order valence-electron chi connectivity index (χ2n) is 3.44. The molecule has 0 aliphatic rings. The van der Waals surface area contributed by atoms with Crippen molar-refractivity contribution >= 4 is 29.1 Å². The Balaban J connectivity index is 2.14. The number of hydrogen-bond donors (Lipinski definition) is 1. The van der Waals surface area contributed by atoms with Crippen LogP contribution in [-0.2, 0) is 5.75 Å². The minimum Gasteiger partial charge on any atom is -0.468 e. The summed E-state index contributed by atoms with van der Waals surface area (Å²) in [6, 6.07) is 7.53. The molecule has 2 N–H and O–H groups in total. The maximum atomic E-state index is 6.09. The molecule has 0 saturated carbocycles. The third-order valence-corrected chi connectivity index (χ3v) is 3.86. The summed E-state index contributed by atoms with van der Waals surface area (Å²) in [7, 11) is 0. The highest BCUT2D eigenvalue weighted by Gasteiger charge is 2.07. The molecule has 2 aromatic rings. The average Bonchev–Trinajstić information content (AvgIpc) is 2.64. The van der Waals surface area contributed by atoms with E-state index in [0.717, 1.165) is 27.7 Å². The van der Waals surface area contributed by atoms with Gasteiger partial charge in [0, 0.05) is 26.9 Å². The molecule has 0 aliphatic carbocycles. The second kappa shape index (κ2) is 4.85. The fourth-order valence-electron chi connectivity index (χ4n) is 1.40. The van der Waals surface area contributed by atoms with Crippen molar-refractivity contribution in [3.63, 3.8) is 0 Å². The number of nitrogens with two attached hydrogens (primary N) is 1. The maximum absolute atomic E-state index is 6.09. The van der Waals surface area contributed by atoms with E-state index in [9.17, 15) is 0 Å². The molecule has 2 nitrogen and oxygen atoms in total. The molecular formula is C12H12ClNOS. The van der Waals surface area contributed by atoms with Crippen molar-refractivity contribution in [2.45, 2.75) is 17.6 Å². The van der Waals surface area contributed by atoms with Gasteiger partial charge in [0.25, 0.3) is 0 Å². The van der Waals surface area contributed by atoms with Crippen LogP contribution in [0.3, 0.4) is 0 Å². The van der Waals surface area contributed by atoms with Crippen molar-refractivity contribution in [1.82, 2.24) is 0 Å². The molecule has 0 radical (unpaired) electrons. The van der Waals surface area contributed by atoms with Gasteiger partial charge in [0.1, 0.15) is 5.76 Å². The molecule has 1 aromatic carbocycles. The van der Waals surface area contributed by atoms with E-state index >= 15 is 0 Å². The normalized spacial score (nSPS) is 10.6. The molecule has 2 rings (SSSR count). The van der Waals surface area contributed by atoms with Crippen molar-refractivity contribution in [1.29, 1.82) is 0 Å². The van der Waals surface area contributed by atoms with Gasteiger partial charge in [-0.1, -0.05) is 17.7 Å². The minimum absolute atomic E-state index is 0.716. The van der Waals surface area contributed by atoms with Crippen molar-refractivity contribution in [2.24, 2.45) is 0 Å². The van der Waals surface area contributed by atoms with E-state index in [-0.39, 0.29) is 0 Å². The van der Waals surface area contributed by atoms with Crippen LogP contribution in [0, 0.1) is 6.92 Å². The number of halogens is 1. The molecule has 1 aromatic heterocycles. The number of benzene rings is 1. The van der Waals surface area contributed by atoms with E-state index in [1.165, 1.54) is 0 Å². The predicted molar refractivity (Wildman–Crippen MR) is 68.9 cm³/mol. The quantitative estimate of drug-likeness (QED) is 0.661. The minimum atomic E-state index is 0.716. The molecule has 0 aliphatic heterocycles. The number of anilines is 1. The van der Waals surface area contributed by atoms with Gasteiger partial charge in [-0.2, -0.15) is 0 Å². The number of furan rings is 1. The first-order valence-electron chi connectivity index (χ1n) is 4.88. The highest BCUT2D eigenvalue weighted by molar-refractivity contribution is 7.98. The Kier molecular flexibility index (Phi) is 3.46. The van der Waals surface area contributed by atoms with Gasteiger partial charge in [0.05, 0.1) is 6.26 Å². The predicted octanol–water partition coefficient (Wildman–Crippen LogP) is 4.12. The standard InChI is InChI=1S/C12H12ClNOS/c1-8-12(5-6-15-8)16-7-9-10(13)3-2-4-11(9)14/h2-6H,7,14H2,1H3. The third-order valence-electron chi connectivity index (χ3n) is 2.34. The Morgan fingerprint density at radius 2 is 2.19 bits per heavy atom. The lowest BCUT2D eigenvalue weighted by Crippen LogP contribution is -1.93. The van der Waals surface area contributed by atoms with E-state index in [2.05, 4.69) is 0 Å². The molecule has 0 fully saturated rings. The van der Waals surface area contributed by atoms with Gasteiger partial charge in [0.15, 0.2) is 0 Å². The van der Waals surface area contributed by atoms with Gasteiger partial charge < -0.3 is 10.2 Å². The van der Waals surface area contributed by atoms with E-state index in [1.54, 1.807) is 18.0 Å². The van der Waals surface area contributed by atoms with Gasteiger partial charge in [-0.05, 0) is 25.1 Å². The van der Waals surface area contributed by atoms with Crippen molar-refractivity contribution in [3.8, 4) is 0 Å². The first kappa shape index (κ1) is 11.4. The van der Waals surface area contributed by atoms with Gasteiger partial charge in [-0.15, -0.1) is 11.8 Å². The van der Waals surface area contributed by atoms with E-state index in [4.69, 9.17) is 21.8 Å². The van der Waals surface area contributed by atoms with Crippen LogP contribution in [0.25, 0.3) is 0 Å². The number of rotatable bonds is 3. The molecule has 0 unspecified atom stereocenters. The zero-order valence-corrected chi connectivity index (χ0v) is 10.4. The van der Waals surface area contributed by atoms with Crippen LogP contribution in [0.1, 0.15) is 11.3 Å². The molecule has 0 atom stereocenters. The number of hydrogen-bond acceptors (Lipinski definition) is 3. The second-order valence-corrected chi connectivity index (χ2v) is 4.86. The van der Waals surface area contributed by atoms with Crippen LogP contribution < -0.4 is 5.73 Å². The van der Waals surface area contributed by atoms with Crippen molar-refractivity contribution in [2.75, 3.05) is 5.73 Å². The van der Waals surface area contributed by atoms with Crippen LogP contribution in [0.15, 0.2) is 39.8 Å². The molecule has 4 heteroatoms. The van der Waals surface area contributed by atoms with Crippen LogP contribution in [0.2, 0.25) is 5.02 Å². The molecular weight excluding hydrogens is 242 g/mol. The zero-order chi connectivity index (χ0) is 11.5. The summed E-state index contributed by atoms with van der Waals surface area (Å²) in [5, 5.41) is 0.716. The Morgan fingerprint density at radius 1 is 1.38 bits per heavy atom. The van der Waals surface area contributed by atoms with Crippen molar-refractivity contribution in [3.05, 3.63) is 46.9 Å². The first-order chi connectivity index (χ1) is 7.68. The Bertz CT molecular complexity index is 475. The van der Waals surface area contributed by atoms with Gasteiger partial charge in [-0.25, -0.2) is 0 Å². The molecule has 1 heterocycles. The summed E-state index contributed by atoms with van der Waals surface area (Å²) in [6.07, 6.45) is 1.69. The zero-order valence-electron chi connectivity index (χ0n) is 8.87. The van der Waals surface area contributed by atoms with E-state index in [1.807, 2.05) is 31.2 Å².